The molecule has 1 aromatic rings. The zero-order chi connectivity index (χ0) is 14.5. The summed E-state index contributed by atoms with van der Waals surface area (Å²) >= 11 is 0. The number of carboxylic acid groups (broad SMARTS) is 1. The van der Waals surface area contributed by atoms with Gasteiger partial charge in [-0.05, 0) is 44.3 Å². The molecular weight excluding hydrogens is 300 g/mol. The van der Waals surface area contributed by atoms with Crippen LogP contribution in [0.15, 0.2) is 18.2 Å². The van der Waals surface area contributed by atoms with E-state index in [9.17, 15) is 13.6 Å². The Morgan fingerprint density at radius 3 is 2.71 bits per heavy atom. The van der Waals surface area contributed by atoms with E-state index in [2.05, 4.69) is 4.90 Å². The maximum atomic E-state index is 13.6. The van der Waals surface area contributed by atoms with Crippen LogP contribution in [0.4, 0.5) is 8.78 Å². The highest BCUT2D eigenvalue weighted by atomic mass is 35.5. The first-order valence-electron chi connectivity index (χ1n) is 6.92. The molecule has 1 unspecified atom stereocenters. The van der Waals surface area contributed by atoms with Crippen LogP contribution in [0, 0.1) is 17.6 Å². The Morgan fingerprint density at radius 2 is 2.05 bits per heavy atom. The summed E-state index contributed by atoms with van der Waals surface area (Å²) in [6.45, 7) is 2.04. The van der Waals surface area contributed by atoms with Crippen LogP contribution >= 0.6 is 12.4 Å². The van der Waals surface area contributed by atoms with E-state index in [1.165, 1.54) is 12.1 Å². The lowest BCUT2D eigenvalue weighted by molar-refractivity contribution is -0.138. The minimum Gasteiger partial charge on any atom is -0.481 e. The predicted molar refractivity (Wildman–Crippen MR) is 78.5 cm³/mol. The van der Waals surface area contributed by atoms with Crippen molar-refractivity contribution in [3.8, 4) is 0 Å². The van der Waals surface area contributed by atoms with E-state index in [-0.39, 0.29) is 24.7 Å². The van der Waals surface area contributed by atoms with Gasteiger partial charge in [0, 0.05) is 24.6 Å². The topological polar surface area (TPSA) is 40.5 Å². The van der Waals surface area contributed by atoms with E-state index in [1.54, 1.807) is 0 Å². The largest absolute Gasteiger partial charge is 0.481 e. The molecule has 1 heterocycles. The highest BCUT2D eigenvalue weighted by Gasteiger charge is 2.20. The maximum absolute atomic E-state index is 13.6. The van der Waals surface area contributed by atoms with Crippen molar-refractivity contribution in [3.05, 3.63) is 35.4 Å². The zero-order valence-corrected chi connectivity index (χ0v) is 12.5. The molecule has 118 valence electrons. The highest BCUT2D eigenvalue weighted by molar-refractivity contribution is 5.85. The number of likely N-dealkylation sites (tertiary alicyclic amines) is 1. The second-order valence-corrected chi connectivity index (χ2v) is 5.41. The van der Waals surface area contributed by atoms with Crippen molar-refractivity contribution in [1.29, 1.82) is 0 Å². The molecule has 0 bridgehead atoms. The summed E-state index contributed by atoms with van der Waals surface area (Å²) in [6, 6.07) is 3.65. The number of benzene rings is 1. The van der Waals surface area contributed by atoms with Crippen molar-refractivity contribution in [1.82, 2.24) is 4.90 Å². The SMILES string of the molecule is Cl.O=C(O)CC1CCCN(Cc2ccc(F)cc2F)CC1. The number of rotatable bonds is 4. The molecule has 1 fully saturated rings. The van der Waals surface area contributed by atoms with Crippen LogP contribution in [0.1, 0.15) is 31.2 Å². The van der Waals surface area contributed by atoms with E-state index >= 15 is 0 Å². The van der Waals surface area contributed by atoms with Gasteiger partial charge in [-0.25, -0.2) is 8.78 Å². The average molecular weight is 320 g/mol. The Hall–Kier alpha value is -1.20. The molecule has 21 heavy (non-hydrogen) atoms. The Kier molecular flexibility index (Phi) is 7.05. The van der Waals surface area contributed by atoms with Gasteiger partial charge in [0.25, 0.3) is 0 Å². The van der Waals surface area contributed by atoms with Gasteiger partial charge >= 0.3 is 5.97 Å². The number of nitrogens with zero attached hydrogens (tertiary/aromatic N) is 1. The van der Waals surface area contributed by atoms with Crippen LogP contribution in [0.2, 0.25) is 0 Å². The van der Waals surface area contributed by atoms with Crippen molar-refractivity contribution < 1.29 is 18.7 Å². The van der Waals surface area contributed by atoms with Gasteiger partial charge in [-0.15, -0.1) is 12.4 Å². The summed E-state index contributed by atoms with van der Waals surface area (Å²) in [7, 11) is 0. The van der Waals surface area contributed by atoms with Crippen LogP contribution < -0.4 is 0 Å². The fraction of sp³-hybridized carbons (Fsp3) is 0.533. The Labute approximate surface area is 129 Å². The third-order valence-corrected chi connectivity index (χ3v) is 3.81. The Morgan fingerprint density at radius 1 is 1.29 bits per heavy atom. The van der Waals surface area contributed by atoms with Crippen molar-refractivity contribution >= 4 is 18.4 Å². The van der Waals surface area contributed by atoms with E-state index in [4.69, 9.17) is 5.11 Å². The molecule has 0 aliphatic carbocycles. The molecule has 2 rings (SSSR count). The molecule has 0 radical (unpaired) electrons. The standard InChI is InChI=1S/C15H19F2NO2.ClH/c16-13-4-3-12(14(17)9-13)10-18-6-1-2-11(5-7-18)8-15(19)20;/h3-4,9,11H,1-2,5-8,10H2,(H,19,20);1H. The monoisotopic (exact) mass is 319 g/mol. The molecule has 1 aliphatic heterocycles. The molecule has 1 N–H and O–H groups in total. The van der Waals surface area contributed by atoms with Crippen LogP contribution in [0.3, 0.4) is 0 Å². The number of hydrogen-bond acceptors (Lipinski definition) is 2. The quantitative estimate of drug-likeness (QED) is 0.924. The minimum atomic E-state index is -0.756. The molecule has 0 aromatic heterocycles. The summed E-state index contributed by atoms with van der Waals surface area (Å²) < 4.78 is 26.5. The van der Waals surface area contributed by atoms with E-state index in [0.29, 0.717) is 12.1 Å². The Bertz CT molecular complexity index is 485. The van der Waals surface area contributed by atoms with Gasteiger partial charge in [0.15, 0.2) is 0 Å². The summed E-state index contributed by atoms with van der Waals surface area (Å²) in [5.41, 5.74) is 0.489. The van der Waals surface area contributed by atoms with Gasteiger partial charge < -0.3 is 5.11 Å². The number of carbonyl (C=O) groups is 1. The first-order valence-corrected chi connectivity index (χ1v) is 6.92. The van der Waals surface area contributed by atoms with Gasteiger partial charge in [0.05, 0.1) is 0 Å². The summed E-state index contributed by atoms with van der Waals surface area (Å²) in [5, 5.41) is 8.82. The molecular formula is C15H20ClF2NO2. The van der Waals surface area contributed by atoms with Crippen molar-refractivity contribution in [2.24, 2.45) is 5.92 Å². The van der Waals surface area contributed by atoms with E-state index in [0.717, 1.165) is 38.4 Å². The van der Waals surface area contributed by atoms with Gasteiger partial charge in [0.2, 0.25) is 0 Å². The lowest BCUT2D eigenvalue weighted by Crippen LogP contribution is -2.25. The van der Waals surface area contributed by atoms with Crippen LogP contribution in [0.25, 0.3) is 0 Å². The molecule has 0 amide bonds. The second kappa shape index (κ2) is 8.29. The lowest BCUT2D eigenvalue weighted by Gasteiger charge is -2.20. The third kappa shape index (κ3) is 5.59. The van der Waals surface area contributed by atoms with Crippen molar-refractivity contribution in [2.45, 2.75) is 32.2 Å². The fourth-order valence-corrected chi connectivity index (χ4v) is 2.72. The van der Waals surface area contributed by atoms with Crippen LogP contribution in [-0.2, 0) is 11.3 Å². The third-order valence-electron chi connectivity index (χ3n) is 3.81. The molecule has 3 nitrogen and oxygen atoms in total. The smallest absolute Gasteiger partial charge is 0.303 e. The molecule has 1 aromatic carbocycles. The molecule has 1 atom stereocenters. The summed E-state index contributed by atoms with van der Waals surface area (Å²) in [4.78, 5) is 12.8. The number of halogens is 3. The van der Waals surface area contributed by atoms with Gasteiger partial charge in [-0.1, -0.05) is 6.07 Å². The first kappa shape index (κ1) is 17.9. The normalized spacial score (nSPS) is 19.6. The molecule has 0 spiro atoms. The number of hydrogen-bond donors (Lipinski definition) is 1. The van der Waals surface area contributed by atoms with E-state index < -0.39 is 17.6 Å². The molecule has 1 aliphatic rings. The Balaban J connectivity index is 0.00000220. The molecule has 0 saturated carbocycles. The zero-order valence-electron chi connectivity index (χ0n) is 11.7. The van der Waals surface area contributed by atoms with Crippen LogP contribution in [-0.4, -0.2) is 29.1 Å². The summed E-state index contributed by atoms with van der Waals surface area (Å²) in [6.07, 6.45) is 2.84. The van der Waals surface area contributed by atoms with Gasteiger partial charge in [0.1, 0.15) is 11.6 Å². The van der Waals surface area contributed by atoms with Crippen molar-refractivity contribution in [3.63, 3.8) is 0 Å². The maximum Gasteiger partial charge on any atom is 0.303 e. The first-order chi connectivity index (χ1) is 9.54. The van der Waals surface area contributed by atoms with Crippen molar-refractivity contribution in [2.75, 3.05) is 13.1 Å². The second-order valence-electron chi connectivity index (χ2n) is 5.41. The summed E-state index contributed by atoms with van der Waals surface area (Å²) in [5.74, 6) is -1.64. The van der Waals surface area contributed by atoms with E-state index in [1.807, 2.05) is 0 Å². The number of aliphatic carboxylic acids is 1. The molecule has 6 heteroatoms. The average Bonchev–Trinajstić information content (AvgIpc) is 2.58. The predicted octanol–water partition coefficient (Wildman–Crippen LogP) is 3.46. The molecule has 1 saturated heterocycles. The highest BCUT2D eigenvalue weighted by Crippen LogP contribution is 2.22. The minimum absolute atomic E-state index is 0. The fourth-order valence-electron chi connectivity index (χ4n) is 2.72. The van der Waals surface area contributed by atoms with Crippen LogP contribution in [0.5, 0.6) is 0 Å². The van der Waals surface area contributed by atoms with Gasteiger partial charge in [-0.3, -0.25) is 9.69 Å². The number of carboxylic acids is 1. The lowest BCUT2D eigenvalue weighted by atomic mass is 9.97. The van der Waals surface area contributed by atoms with Gasteiger partial charge in [-0.2, -0.15) is 0 Å².